The molecule has 5 fully saturated rings. The molecule has 6 nitrogen and oxygen atoms in total. The maximum atomic E-state index is 6.55. The van der Waals surface area contributed by atoms with Gasteiger partial charge in [0, 0.05) is 24.0 Å². The first kappa shape index (κ1) is 18.1. The summed E-state index contributed by atoms with van der Waals surface area (Å²) in [5.41, 5.74) is 0. The Hall–Kier alpha value is 0.0500. The highest BCUT2D eigenvalue weighted by atomic mass is 35.5. The summed E-state index contributed by atoms with van der Waals surface area (Å²) in [6, 6.07) is 1.52. The Kier molecular flexibility index (Phi) is 5.44. The molecule has 3 N–H and O–H groups in total. The molecule has 0 radical (unpaired) electrons. The molecule has 26 heavy (non-hydrogen) atoms. The number of nitrogens with zero attached hydrogens (tertiary/aromatic N) is 1. The van der Waals surface area contributed by atoms with Gasteiger partial charge in [0.25, 0.3) is 0 Å². The molecule has 8 unspecified atom stereocenters. The van der Waals surface area contributed by atoms with Crippen molar-refractivity contribution in [2.45, 2.75) is 99.4 Å². The lowest BCUT2D eigenvalue weighted by Gasteiger charge is -2.41. The Morgan fingerprint density at radius 2 is 1.92 bits per heavy atom. The predicted molar refractivity (Wildman–Crippen MR) is 101 cm³/mol. The minimum absolute atomic E-state index is 0.276. The van der Waals surface area contributed by atoms with Crippen molar-refractivity contribution >= 4 is 11.6 Å². The standard InChI is InChI=1S/C19H33ClN4O2/c20-12-4-7-17-23-18(14-3-1-2-8-21-14)19(24(17)10-12)22-13-5-6-15-16(9-13)26-11-25-15/h12-19,21-23H,1-11H2. The van der Waals surface area contributed by atoms with Crippen LogP contribution in [0.4, 0.5) is 0 Å². The van der Waals surface area contributed by atoms with Gasteiger partial charge in [-0.2, -0.15) is 0 Å². The monoisotopic (exact) mass is 384 g/mol. The third-order valence-corrected chi connectivity index (χ3v) is 7.48. The zero-order chi connectivity index (χ0) is 17.5. The van der Waals surface area contributed by atoms with Crippen molar-refractivity contribution in [1.29, 1.82) is 0 Å². The van der Waals surface area contributed by atoms with Gasteiger partial charge in [-0.3, -0.25) is 15.5 Å². The van der Waals surface area contributed by atoms with Crippen LogP contribution in [-0.4, -0.2) is 72.8 Å². The zero-order valence-corrected chi connectivity index (χ0v) is 16.3. The van der Waals surface area contributed by atoms with Gasteiger partial charge in [-0.15, -0.1) is 11.6 Å². The van der Waals surface area contributed by atoms with Crippen LogP contribution in [0.3, 0.4) is 0 Å². The van der Waals surface area contributed by atoms with Gasteiger partial charge in [0.15, 0.2) is 0 Å². The van der Waals surface area contributed by atoms with Crippen LogP contribution in [0.25, 0.3) is 0 Å². The molecule has 4 heterocycles. The van der Waals surface area contributed by atoms with E-state index in [1.807, 2.05) is 0 Å². The minimum atomic E-state index is 0.276. The number of halogens is 1. The van der Waals surface area contributed by atoms with Crippen LogP contribution in [-0.2, 0) is 9.47 Å². The van der Waals surface area contributed by atoms with Gasteiger partial charge in [-0.25, -0.2) is 0 Å². The van der Waals surface area contributed by atoms with Gasteiger partial charge in [0.1, 0.15) is 6.79 Å². The molecule has 0 aromatic heterocycles. The molecule has 1 aliphatic carbocycles. The van der Waals surface area contributed by atoms with E-state index < -0.39 is 0 Å². The van der Waals surface area contributed by atoms with E-state index in [1.54, 1.807) is 0 Å². The number of hydrogen-bond acceptors (Lipinski definition) is 6. The average molecular weight is 385 g/mol. The van der Waals surface area contributed by atoms with Crippen LogP contribution in [0.1, 0.15) is 51.4 Å². The van der Waals surface area contributed by atoms with Crippen molar-refractivity contribution in [1.82, 2.24) is 20.9 Å². The third-order valence-electron chi connectivity index (χ3n) is 7.13. The molecule has 5 aliphatic rings. The largest absolute Gasteiger partial charge is 0.349 e. The van der Waals surface area contributed by atoms with Gasteiger partial charge in [0.2, 0.25) is 0 Å². The lowest BCUT2D eigenvalue weighted by Crippen LogP contribution is -2.61. The van der Waals surface area contributed by atoms with Crippen molar-refractivity contribution in [3.63, 3.8) is 0 Å². The first-order valence-corrected chi connectivity index (χ1v) is 11.1. The summed E-state index contributed by atoms with van der Waals surface area (Å²) >= 11 is 6.55. The van der Waals surface area contributed by atoms with Crippen LogP contribution >= 0.6 is 11.6 Å². The smallest absolute Gasteiger partial charge is 0.147 e. The molecule has 5 rings (SSSR count). The molecule has 0 aromatic carbocycles. The Morgan fingerprint density at radius 3 is 2.81 bits per heavy atom. The Labute approximate surface area is 161 Å². The van der Waals surface area contributed by atoms with Gasteiger partial charge in [-0.05, 0) is 51.5 Å². The SMILES string of the molecule is ClC1CCC2NC(C3CCCCN3)C(NC3CCC4OCOC4C3)N2C1. The predicted octanol–water partition coefficient (Wildman–Crippen LogP) is 1.34. The highest BCUT2D eigenvalue weighted by Crippen LogP contribution is 2.33. The fourth-order valence-electron chi connectivity index (χ4n) is 5.75. The first-order chi connectivity index (χ1) is 12.8. The maximum absolute atomic E-state index is 6.55. The van der Waals surface area contributed by atoms with E-state index in [9.17, 15) is 0 Å². The fourth-order valence-corrected chi connectivity index (χ4v) is 6.04. The summed E-state index contributed by atoms with van der Waals surface area (Å²) in [7, 11) is 0. The van der Waals surface area contributed by atoms with E-state index in [-0.39, 0.29) is 11.5 Å². The van der Waals surface area contributed by atoms with Gasteiger partial charge >= 0.3 is 0 Å². The van der Waals surface area contributed by atoms with E-state index >= 15 is 0 Å². The second-order valence-corrected chi connectivity index (χ2v) is 9.40. The van der Waals surface area contributed by atoms with Crippen molar-refractivity contribution in [3.8, 4) is 0 Å². The van der Waals surface area contributed by atoms with Crippen molar-refractivity contribution in [2.24, 2.45) is 0 Å². The average Bonchev–Trinajstić information content (AvgIpc) is 3.27. The van der Waals surface area contributed by atoms with Crippen molar-refractivity contribution < 1.29 is 9.47 Å². The van der Waals surface area contributed by atoms with Crippen LogP contribution < -0.4 is 16.0 Å². The second-order valence-electron chi connectivity index (χ2n) is 8.79. The number of fused-ring (bicyclic) bond motifs is 2. The highest BCUT2D eigenvalue weighted by Gasteiger charge is 2.48. The molecule has 4 aliphatic heterocycles. The second kappa shape index (κ2) is 7.82. The molecule has 0 amide bonds. The molecular formula is C19H33ClN4O2. The maximum Gasteiger partial charge on any atom is 0.147 e. The number of hydrogen-bond donors (Lipinski definition) is 3. The zero-order valence-electron chi connectivity index (χ0n) is 15.5. The lowest BCUT2D eigenvalue weighted by molar-refractivity contribution is 0.0385. The summed E-state index contributed by atoms with van der Waals surface area (Å²) < 4.78 is 11.5. The van der Waals surface area contributed by atoms with Crippen LogP contribution in [0.5, 0.6) is 0 Å². The third kappa shape index (κ3) is 3.54. The van der Waals surface area contributed by atoms with Crippen molar-refractivity contribution in [2.75, 3.05) is 19.9 Å². The molecular weight excluding hydrogens is 352 g/mol. The first-order valence-electron chi connectivity index (χ1n) is 10.7. The Balaban J connectivity index is 1.30. The molecule has 1 saturated carbocycles. The number of alkyl halides is 1. The van der Waals surface area contributed by atoms with E-state index in [4.69, 9.17) is 21.1 Å². The molecule has 148 valence electrons. The number of nitrogens with one attached hydrogen (secondary N) is 3. The van der Waals surface area contributed by atoms with E-state index in [1.165, 1.54) is 25.7 Å². The molecule has 8 atom stereocenters. The number of ether oxygens (including phenoxy) is 2. The van der Waals surface area contributed by atoms with Gasteiger partial charge in [0.05, 0.1) is 30.6 Å². The molecule has 0 aromatic rings. The fraction of sp³-hybridized carbons (Fsp3) is 1.00. The molecule has 0 bridgehead atoms. The van der Waals surface area contributed by atoms with Gasteiger partial charge < -0.3 is 14.8 Å². The van der Waals surface area contributed by atoms with E-state index in [2.05, 4.69) is 20.9 Å². The van der Waals surface area contributed by atoms with E-state index in [0.717, 1.165) is 38.8 Å². The number of rotatable bonds is 3. The summed E-state index contributed by atoms with van der Waals surface area (Å²) in [4.78, 5) is 2.61. The van der Waals surface area contributed by atoms with Crippen LogP contribution in [0, 0.1) is 0 Å². The summed E-state index contributed by atoms with van der Waals surface area (Å²) in [6.45, 7) is 2.61. The van der Waals surface area contributed by atoms with Crippen LogP contribution in [0.2, 0.25) is 0 Å². The summed E-state index contributed by atoms with van der Waals surface area (Å²) in [5.74, 6) is 0. The van der Waals surface area contributed by atoms with Crippen molar-refractivity contribution in [3.05, 3.63) is 0 Å². The minimum Gasteiger partial charge on any atom is -0.349 e. The molecule has 4 saturated heterocycles. The Morgan fingerprint density at radius 1 is 1.00 bits per heavy atom. The quantitative estimate of drug-likeness (QED) is 0.638. The highest BCUT2D eigenvalue weighted by molar-refractivity contribution is 6.20. The molecule has 0 spiro atoms. The van der Waals surface area contributed by atoms with Crippen LogP contribution in [0.15, 0.2) is 0 Å². The summed E-state index contributed by atoms with van der Waals surface area (Å²) in [6.07, 6.45) is 11.0. The number of piperidine rings is 2. The van der Waals surface area contributed by atoms with E-state index in [0.29, 0.717) is 43.4 Å². The topological polar surface area (TPSA) is 57.8 Å². The lowest BCUT2D eigenvalue weighted by atomic mass is 9.89. The summed E-state index contributed by atoms with van der Waals surface area (Å²) in [5, 5.41) is 12.0. The molecule has 7 heteroatoms. The van der Waals surface area contributed by atoms with Gasteiger partial charge in [-0.1, -0.05) is 6.42 Å². The Bertz CT molecular complexity index is 492. The normalized spacial score (nSPS) is 49.7.